The van der Waals surface area contributed by atoms with Crippen LogP contribution in [0.2, 0.25) is 0 Å². The second-order valence-corrected chi connectivity index (χ2v) is 6.16. The molecule has 2 aromatic rings. The standard InChI is InChI=1S/C18H22FN3/c1-18(2,3)22-17(20-13-14-8-5-4-6-9-14)21-16-11-7-10-15(19)12-16/h4-12H,13H2,1-3H3,(H2,20,21,22). The third-order valence-electron chi connectivity index (χ3n) is 2.84. The number of hydrogen-bond acceptors (Lipinski definition) is 1. The maximum atomic E-state index is 13.3. The van der Waals surface area contributed by atoms with Crippen LogP contribution in [0.5, 0.6) is 0 Å². The molecule has 0 aliphatic rings. The summed E-state index contributed by atoms with van der Waals surface area (Å²) in [6, 6.07) is 16.4. The van der Waals surface area contributed by atoms with Gasteiger partial charge in [-0.3, -0.25) is 0 Å². The van der Waals surface area contributed by atoms with Gasteiger partial charge in [-0.2, -0.15) is 0 Å². The van der Waals surface area contributed by atoms with Gasteiger partial charge in [-0.1, -0.05) is 36.4 Å². The summed E-state index contributed by atoms with van der Waals surface area (Å²) in [5.74, 6) is 0.352. The number of rotatable bonds is 3. The molecule has 0 heterocycles. The van der Waals surface area contributed by atoms with Gasteiger partial charge < -0.3 is 10.6 Å². The van der Waals surface area contributed by atoms with Crippen LogP contribution in [0.1, 0.15) is 26.3 Å². The lowest BCUT2D eigenvalue weighted by atomic mass is 10.1. The molecule has 0 fully saturated rings. The van der Waals surface area contributed by atoms with E-state index < -0.39 is 0 Å². The zero-order valence-electron chi connectivity index (χ0n) is 13.2. The maximum Gasteiger partial charge on any atom is 0.196 e. The summed E-state index contributed by atoms with van der Waals surface area (Å²) in [5.41, 5.74) is 1.65. The Balaban J connectivity index is 2.15. The van der Waals surface area contributed by atoms with Crippen LogP contribution in [-0.2, 0) is 6.54 Å². The van der Waals surface area contributed by atoms with Crippen molar-refractivity contribution in [3.8, 4) is 0 Å². The Bertz CT molecular complexity index is 630. The molecular formula is C18H22FN3. The second kappa shape index (κ2) is 7.07. The topological polar surface area (TPSA) is 36.4 Å². The fraction of sp³-hybridized carbons (Fsp3) is 0.278. The molecule has 2 N–H and O–H groups in total. The van der Waals surface area contributed by atoms with Crippen LogP contribution < -0.4 is 10.6 Å². The Hall–Kier alpha value is -2.36. The molecule has 0 aliphatic carbocycles. The lowest BCUT2D eigenvalue weighted by molar-refractivity contribution is 0.510. The van der Waals surface area contributed by atoms with E-state index in [9.17, 15) is 4.39 Å². The normalized spacial score (nSPS) is 12.1. The van der Waals surface area contributed by atoms with Crippen molar-refractivity contribution in [2.24, 2.45) is 4.99 Å². The summed E-state index contributed by atoms with van der Waals surface area (Å²) in [6.45, 7) is 6.72. The number of nitrogens with zero attached hydrogens (tertiary/aromatic N) is 1. The van der Waals surface area contributed by atoms with Crippen LogP contribution in [0.15, 0.2) is 59.6 Å². The molecule has 3 nitrogen and oxygen atoms in total. The van der Waals surface area contributed by atoms with E-state index in [1.807, 2.05) is 36.4 Å². The molecule has 0 aromatic heterocycles. The molecule has 2 aromatic carbocycles. The zero-order valence-corrected chi connectivity index (χ0v) is 13.2. The number of halogens is 1. The Labute approximate surface area is 131 Å². The number of aliphatic imine (C=N–C) groups is 1. The van der Waals surface area contributed by atoms with Crippen LogP contribution in [-0.4, -0.2) is 11.5 Å². The minimum Gasteiger partial charge on any atom is -0.352 e. The van der Waals surface area contributed by atoms with Gasteiger partial charge in [-0.05, 0) is 44.5 Å². The van der Waals surface area contributed by atoms with Gasteiger partial charge in [0.15, 0.2) is 5.96 Å². The monoisotopic (exact) mass is 299 g/mol. The molecule has 0 radical (unpaired) electrons. The number of anilines is 1. The maximum absolute atomic E-state index is 13.3. The highest BCUT2D eigenvalue weighted by Crippen LogP contribution is 2.10. The van der Waals surface area contributed by atoms with Crippen molar-refractivity contribution < 1.29 is 4.39 Å². The average molecular weight is 299 g/mol. The molecule has 0 bridgehead atoms. The summed E-state index contributed by atoms with van der Waals surface area (Å²) < 4.78 is 13.3. The van der Waals surface area contributed by atoms with Gasteiger partial charge in [0, 0.05) is 11.2 Å². The highest BCUT2D eigenvalue weighted by atomic mass is 19.1. The van der Waals surface area contributed by atoms with E-state index in [-0.39, 0.29) is 11.4 Å². The van der Waals surface area contributed by atoms with Crippen molar-refractivity contribution >= 4 is 11.6 Å². The summed E-state index contributed by atoms with van der Waals surface area (Å²) in [5, 5.41) is 6.46. The Morgan fingerprint density at radius 2 is 1.77 bits per heavy atom. The predicted octanol–water partition coefficient (Wildman–Crippen LogP) is 4.18. The molecule has 0 aliphatic heterocycles. The van der Waals surface area contributed by atoms with Crippen LogP contribution in [0.25, 0.3) is 0 Å². The number of nitrogens with one attached hydrogen (secondary N) is 2. The van der Waals surface area contributed by atoms with Crippen LogP contribution in [0.4, 0.5) is 10.1 Å². The molecular weight excluding hydrogens is 277 g/mol. The predicted molar refractivity (Wildman–Crippen MR) is 90.5 cm³/mol. The van der Waals surface area contributed by atoms with Gasteiger partial charge in [0.1, 0.15) is 5.82 Å². The van der Waals surface area contributed by atoms with Crippen molar-refractivity contribution in [2.45, 2.75) is 32.9 Å². The zero-order chi connectivity index (χ0) is 16.0. The number of benzene rings is 2. The summed E-state index contributed by atoms with van der Waals surface area (Å²) in [7, 11) is 0. The van der Waals surface area contributed by atoms with Crippen LogP contribution >= 0.6 is 0 Å². The van der Waals surface area contributed by atoms with E-state index in [0.29, 0.717) is 18.2 Å². The fourth-order valence-electron chi connectivity index (χ4n) is 1.92. The van der Waals surface area contributed by atoms with Crippen molar-refractivity contribution in [1.82, 2.24) is 5.32 Å². The Kier molecular flexibility index (Phi) is 5.15. The van der Waals surface area contributed by atoms with Crippen molar-refractivity contribution in [1.29, 1.82) is 0 Å². The minimum atomic E-state index is -0.275. The molecule has 0 unspecified atom stereocenters. The van der Waals surface area contributed by atoms with E-state index in [4.69, 9.17) is 0 Å². The van der Waals surface area contributed by atoms with E-state index >= 15 is 0 Å². The van der Waals surface area contributed by atoms with Gasteiger partial charge in [-0.15, -0.1) is 0 Å². The van der Waals surface area contributed by atoms with Gasteiger partial charge in [0.25, 0.3) is 0 Å². The first-order chi connectivity index (χ1) is 10.4. The van der Waals surface area contributed by atoms with E-state index in [1.54, 1.807) is 6.07 Å². The summed E-state index contributed by atoms with van der Waals surface area (Å²) in [4.78, 5) is 4.58. The molecule has 22 heavy (non-hydrogen) atoms. The molecule has 0 saturated heterocycles. The van der Waals surface area contributed by atoms with Gasteiger partial charge >= 0.3 is 0 Å². The van der Waals surface area contributed by atoms with E-state index in [2.05, 4.69) is 36.4 Å². The molecule has 116 valence electrons. The molecule has 0 atom stereocenters. The second-order valence-electron chi connectivity index (χ2n) is 6.16. The first kappa shape index (κ1) is 16.0. The van der Waals surface area contributed by atoms with Crippen molar-refractivity contribution in [3.63, 3.8) is 0 Å². The average Bonchev–Trinajstić information content (AvgIpc) is 2.44. The Morgan fingerprint density at radius 3 is 2.41 bits per heavy atom. The van der Waals surface area contributed by atoms with E-state index in [0.717, 1.165) is 5.56 Å². The van der Waals surface area contributed by atoms with Gasteiger partial charge in [0.05, 0.1) is 6.54 Å². The summed E-state index contributed by atoms with van der Waals surface area (Å²) in [6.07, 6.45) is 0. The van der Waals surface area contributed by atoms with Gasteiger partial charge in [-0.25, -0.2) is 9.38 Å². The van der Waals surface area contributed by atoms with Crippen LogP contribution in [0, 0.1) is 5.82 Å². The number of hydrogen-bond donors (Lipinski definition) is 2. The fourth-order valence-corrected chi connectivity index (χ4v) is 1.92. The van der Waals surface area contributed by atoms with Crippen molar-refractivity contribution in [2.75, 3.05) is 5.32 Å². The Morgan fingerprint density at radius 1 is 1.05 bits per heavy atom. The summed E-state index contributed by atoms with van der Waals surface area (Å²) >= 11 is 0. The molecule has 2 rings (SSSR count). The highest BCUT2D eigenvalue weighted by molar-refractivity contribution is 5.94. The van der Waals surface area contributed by atoms with Crippen LogP contribution in [0.3, 0.4) is 0 Å². The molecule has 0 amide bonds. The largest absolute Gasteiger partial charge is 0.352 e. The molecule has 0 saturated carbocycles. The first-order valence-corrected chi connectivity index (χ1v) is 7.31. The third-order valence-corrected chi connectivity index (χ3v) is 2.84. The van der Waals surface area contributed by atoms with E-state index in [1.165, 1.54) is 12.1 Å². The molecule has 4 heteroatoms. The lowest BCUT2D eigenvalue weighted by Crippen LogP contribution is -2.44. The molecule has 0 spiro atoms. The number of guanidine groups is 1. The SMILES string of the molecule is CC(C)(C)NC(=NCc1ccccc1)Nc1cccc(F)c1. The van der Waals surface area contributed by atoms with Crippen molar-refractivity contribution in [3.05, 3.63) is 66.0 Å². The lowest BCUT2D eigenvalue weighted by Gasteiger charge is -2.24. The quantitative estimate of drug-likeness (QED) is 0.659. The first-order valence-electron chi connectivity index (χ1n) is 7.31. The van der Waals surface area contributed by atoms with Gasteiger partial charge in [0.2, 0.25) is 0 Å². The minimum absolute atomic E-state index is 0.143. The third kappa shape index (κ3) is 5.56. The highest BCUT2D eigenvalue weighted by Gasteiger charge is 2.12. The smallest absolute Gasteiger partial charge is 0.196 e.